The molecule has 0 atom stereocenters. The second-order valence-corrected chi connectivity index (χ2v) is 7.11. The van der Waals surface area contributed by atoms with Gasteiger partial charge < -0.3 is 19.7 Å². The molecule has 0 amide bonds. The lowest BCUT2D eigenvalue weighted by Crippen LogP contribution is -2.52. The Hall–Kier alpha value is -2.71. The molecule has 2 aliphatic rings. The van der Waals surface area contributed by atoms with Crippen molar-refractivity contribution in [1.82, 2.24) is 25.0 Å². The zero-order valence-electron chi connectivity index (χ0n) is 16.0. The van der Waals surface area contributed by atoms with Crippen molar-refractivity contribution in [1.29, 1.82) is 0 Å². The second-order valence-electron chi connectivity index (χ2n) is 7.11. The summed E-state index contributed by atoms with van der Waals surface area (Å²) in [5.41, 5.74) is 0.317. The molecule has 150 valence electrons. The Morgan fingerprint density at radius 1 is 1.11 bits per heavy atom. The van der Waals surface area contributed by atoms with Crippen molar-refractivity contribution in [2.24, 2.45) is 4.99 Å². The average molecular weight is 389 g/mol. The van der Waals surface area contributed by atoms with Crippen LogP contribution in [0.3, 0.4) is 0 Å². The molecule has 2 aromatic rings. The van der Waals surface area contributed by atoms with Gasteiger partial charge in [0.15, 0.2) is 11.8 Å². The van der Waals surface area contributed by atoms with Crippen LogP contribution in [0.15, 0.2) is 23.2 Å². The number of rotatable bonds is 3. The number of aliphatic imine (C=N–C) groups is 1. The summed E-state index contributed by atoms with van der Waals surface area (Å²) in [6, 6.07) is 3.58. The maximum Gasteiger partial charge on any atom is 0.194 e. The normalized spacial score (nSPS) is 17.6. The van der Waals surface area contributed by atoms with Crippen LogP contribution in [0.5, 0.6) is 0 Å². The zero-order valence-corrected chi connectivity index (χ0v) is 16.0. The summed E-state index contributed by atoms with van der Waals surface area (Å²) >= 11 is 0. The molecule has 1 saturated heterocycles. The van der Waals surface area contributed by atoms with Crippen LogP contribution in [0.25, 0.3) is 0 Å². The van der Waals surface area contributed by atoms with E-state index in [0.29, 0.717) is 38.4 Å². The first-order chi connectivity index (χ1) is 13.7. The number of aryl methyl sites for hydroxylation is 1. The minimum Gasteiger partial charge on any atom is -0.366 e. The summed E-state index contributed by atoms with van der Waals surface area (Å²) in [4.78, 5) is 8.37. The molecule has 7 nitrogen and oxygen atoms in total. The van der Waals surface area contributed by atoms with E-state index in [1.165, 1.54) is 18.6 Å². The maximum atomic E-state index is 14.0. The third-order valence-corrected chi connectivity index (χ3v) is 5.38. The summed E-state index contributed by atoms with van der Waals surface area (Å²) in [5, 5.41) is 12.0. The highest BCUT2D eigenvalue weighted by molar-refractivity contribution is 5.80. The van der Waals surface area contributed by atoms with Crippen LogP contribution < -0.4 is 10.2 Å². The number of guanidine groups is 1. The minimum atomic E-state index is -0.423. The second kappa shape index (κ2) is 8.12. The predicted molar refractivity (Wildman–Crippen MR) is 103 cm³/mol. The van der Waals surface area contributed by atoms with Gasteiger partial charge >= 0.3 is 0 Å². The van der Waals surface area contributed by atoms with Crippen molar-refractivity contribution in [3.05, 3.63) is 41.5 Å². The van der Waals surface area contributed by atoms with E-state index in [1.807, 2.05) is 4.90 Å². The van der Waals surface area contributed by atoms with Gasteiger partial charge in [-0.15, -0.1) is 10.2 Å². The van der Waals surface area contributed by atoms with Gasteiger partial charge in [-0.2, -0.15) is 0 Å². The Morgan fingerprint density at radius 2 is 1.93 bits per heavy atom. The molecule has 0 spiro atoms. The maximum absolute atomic E-state index is 14.0. The molecule has 0 aliphatic carbocycles. The van der Waals surface area contributed by atoms with E-state index in [0.717, 1.165) is 43.1 Å². The van der Waals surface area contributed by atoms with Crippen molar-refractivity contribution in [3.63, 3.8) is 0 Å². The topological polar surface area (TPSA) is 61.6 Å². The molecule has 3 heterocycles. The highest BCUT2D eigenvalue weighted by atomic mass is 19.1. The summed E-state index contributed by atoms with van der Waals surface area (Å²) < 4.78 is 29.7. The zero-order chi connectivity index (χ0) is 19.5. The van der Waals surface area contributed by atoms with Crippen LogP contribution in [0, 0.1) is 11.6 Å². The smallest absolute Gasteiger partial charge is 0.194 e. The molecule has 0 bridgehead atoms. The summed E-state index contributed by atoms with van der Waals surface area (Å²) in [5.74, 6) is 1.95. The molecular weight excluding hydrogens is 364 g/mol. The van der Waals surface area contributed by atoms with E-state index in [9.17, 15) is 8.78 Å². The number of aromatic nitrogens is 3. The first-order valence-electron chi connectivity index (χ1n) is 9.72. The summed E-state index contributed by atoms with van der Waals surface area (Å²) in [6.45, 7) is 4.08. The molecular formula is C19H25F2N7. The molecule has 1 aromatic carbocycles. The lowest BCUT2D eigenvalue weighted by molar-refractivity contribution is 0.369. The van der Waals surface area contributed by atoms with Crippen LogP contribution >= 0.6 is 0 Å². The number of halogens is 2. The van der Waals surface area contributed by atoms with Gasteiger partial charge in [0.25, 0.3) is 0 Å². The van der Waals surface area contributed by atoms with Gasteiger partial charge in [0.2, 0.25) is 0 Å². The Labute approximate surface area is 163 Å². The van der Waals surface area contributed by atoms with E-state index >= 15 is 0 Å². The fourth-order valence-corrected chi connectivity index (χ4v) is 3.88. The molecule has 0 saturated carbocycles. The van der Waals surface area contributed by atoms with Gasteiger partial charge in [-0.05, 0) is 25.0 Å². The van der Waals surface area contributed by atoms with Gasteiger partial charge in [0, 0.05) is 52.3 Å². The van der Waals surface area contributed by atoms with Gasteiger partial charge in [-0.1, -0.05) is 0 Å². The number of anilines is 1. The summed E-state index contributed by atoms with van der Waals surface area (Å²) in [7, 11) is 1.75. The van der Waals surface area contributed by atoms with Crippen LogP contribution in [0.4, 0.5) is 14.5 Å². The largest absolute Gasteiger partial charge is 0.366 e. The molecule has 4 rings (SSSR count). The number of hydrogen-bond acceptors (Lipinski definition) is 4. The minimum absolute atomic E-state index is 0.317. The number of fused-ring (bicyclic) bond motifs is 1. The lowest BCUT2D eigenvalue weighted by Gasteiger charge is -2.37. The van der Waals surface area contributed by atoms with Crippen LogP contribution in [0.2, 0.25) is 0 Å². The van der Waals surface area contributed by atoms with E-state index in [2.05, 4.69) is 30.0 Å². The van der Waals surface area contributed by atoms with Gasteiger partial charge in [-0.25, -0.2) is 8.78 Å². The highest BCUT2D eigenvalue weighted by Gasteiger charge is 2.23. The molecule has 0 radical (unpaired) electrons. The standard InChI is InChI=1S/C19H25F2N7/c1-22-19(23-13-18-25-24-17-4-2-3-7-28(17)18)27-10-8-26(9-11-27)16-12-14(20)5-6-15(16)21/h5-6,12H,2-4,7-11,13H2,1H3,(H,22,23). The quantitative estimate of drug-likeness (QED) is 0.641. The molecule has 28 heavy (non-hydrogen) atoms. The Balaban J connectivity index is 1.35. The van der Waals surface area contributed by atoms with E-state index in [1.54, 1.807) is 7.05 Å². The highest BCUT2D eigenvalue weighted by Crippen LogP contribution is 2.22. The predicted octanol–water partition coefficient (Wildman–Crippen LogP) is 1.79. The van der Waals surface area contributed by atoms with E-state index < -0.39 is 11.6 Å². The molecule has 1 aromatic heterocycles. The number of hydrogen-bond donors (Lipinski definition) is 1. The molecule has 1 N–H and O–H groups in total. The van der Waals surface area contributed by atoms with Gasteiger partial charge in [-0.3, -0.25) is 4.99 Å². The number of nitrogens with one attached hydrogen (secondary N) is 1. The Kier molecular flexibility index (Phi) is 5.40. The van der Waals surface area contributed by atoms with Crippen molar-refractivity contribution in [3.8, 4) is 0 Å². The Bertz CT molecular complexity index is 856. The molecule has 1 fully saturated rings. The fraction of sp³-hybridized carbons (Fsp3) is 0.526. The monoisotopic (exact) mass is 389 g/mol. The van der Waals surface area contributed by atoms with Crippen molar-refractivity contribution < 1.29 is 8.78 Å². The van der Waals surface area contributed by atoms with Crippen LogP contribution in [0.1, 0.15) is 24.5 Å². The SMILES string of the molecule is CN=C(NCc1nnc2n1CCCC2)N1CCN(c2cc(F)ccc2F)CC1. The van der Waals surface area contributed by atoms with Gasteiger partial charge in [0.1, 0.15) is 17.5 Å². The average Bonchev–Trinajstić information content (AvgIpc) is 3.14. The van der Waals surface area contributed by atoms with Crippen molar-refractivity contribution >= 4 is 11.6 Å². The first kappa shape index (κ1) is 18.6. The molecule has 2 aliphatic heterocycles. The van der Waals surface area contributed by atoms with Gasteiger partial charge in [0.05, 0.1) is 12.2 Å². The van der Waals surface area contributed by atoms with E-state index in [4.69, 9.17) is 0 Å². The van der Waals surface area contributed by atoms with E-state index in [-0.39, 0.29) is 0 Å². The molecule has 0 unspecified atom stereocenters. The van der Waals surface area contributed by atoms with Crippen molar-refractivity contribution in [2.45, 2.75) is 32.4 Å². The Morgan fingerprint density at radius 3 is 2.71 bits per heavy atom. The summed E-state index contributed by atoms with van der Waals surface area (Å²) in [6.07, 6.45) is 3.31. The third-order valence-electron chi connectivity index (χ3n) is 5.38. The fourth-order valence-electron chi connectivity index (χ4n) is 3.88. The van der Waals surface area contributed by atoms with Crippen molar-refractivity contribution in [2.75, 3.05) is 38.1 Å². The number of nitrogens with zero attached hydrogens (tertiary/aromatic N) is 6. The molecule has 9 heteroatoms. The van der Waals surface area contributed by atoms with Crippen LogP contribution in [-0.4, -0.2) is 58.9 Å². The first-order valence-corrected chi connectivity index (χ1v) is 9.72. The number of piperazine rings is 1. The number of benzene rings is 1. The lowest BCUT2D eigenvalue weighted by atomic mass is 10.2. The van der Waals surface area contributed by atoms with Crippen LogP contribution in [-0.2, 0) is 19.5 Å². The third kappa shape index (κ3) is 3.79.